The average Bonchev–Trinajstić information content (AvgIpc) is 2.57. The average molecular weight is 239 g/mol. The van der Waals surface area contributed by atoms with Gasteiger partial charge >= 0.3 is 5.69 Å². The standard InChI is InChI=1S/C12H21N3O2/c1-4-9-5-6-10(16)7-11(9)15-12(17)14(3)8(2)13-15/h9-11,16H,4-7H2,1-3H3. The summed E-state index contributed by atoms with van der Waals surface area (Å²) in [7, 11) is 1.74. The fourth-order valence-corrected chi connectivity index (χ4v) is 2.74. The van der Waals surface area contributed by atoms with Gasteiger partial charge in [0.05, 0.1) is 12.1 Å². The van der Waals surface area contributed by atoms with Crippen molar-refractivity contribution in [1.29, 1.82) is 0 Å². The summed E-state index contributed by atoms with van der Waals surface area (Å²) in [5.74, 6) is 1.18. The molecule has 96 valence electrons. The summed E-state index contributed by atoms with van der Waals surface area (Å²) in [4.78, 5) is 12.0. The maximum absolute atomic E-state index is 12.0. The van der Waals surface area contributed by atoms with Crippen molar-refractivity contribution in [3.05, 3.63) is 16.3 Å². The van der Waals surface area contributed by atoms with Crippen LogP contribution < -0.4 is 5.69 Å². The molecule has 3 unspecified atom stereocenters. The maximum Gasteiger partial charge on any atom is 0.345 e. The predicted octanol–water partition coefficient (Wildman–Crippen LogP) is 1.00. The zero-order valence-corrected chi connectivity index (χ0v) is 10.8. The largest absolute Gasteiger partial charge is 0.393 e. The Morgan fingerprint density at radius 3 is 2.71 bits per heavy atom. The number of aliphatic hydroxyl groups is 1. The van der Waals surface area contributed by atoms with Gasteiger partial charge in [0.15, 0.2) is 0 Å². The normalized spacial score (nSPS) is 29.5. The van der Waals surface area contributed by atoms with Crippen LogP contribution in [0.1, 0.15) is 44.5 Å². The molecule has 1 aromatic rings. The van der Waals surface area contributed by atoms with E-state index in [9.17, 15) is 9.90 Å². The van der Waals surface area contributed by atoms with Gasteiger partial charge in [-0.1, -0.05) is 13.3 Å². The van der Waals surface area contributed by atoms with E-state index in [1.165, 1.54) is 0 Å². The Labute approximate surface area is 101 Å². The van der Waals surface area contributed by atoms with Crippen LogP contribution in [0.3, 0.4) is 0 Å². The first-order chi connectivity index (χ1) is 8.04. The summed E-state index contributed by atoms with van der Waals surface area (Å²) >= 11 is 0. The first-order valence-corrected chi connectivity index (χ1v) is 6.34. The molecular formula is C12H21N3O2. The van der Waals surface area contributed by atoms with Crippen LogP contribution >= 0.6 is 0 Å². The Kier molecular flexibility index (Phi) is 3.38. The molecule has 1 fully saturated rings. The Morgan fingerprint density at radius 2 is 2.18 bits per heavy atom. The quantitative estimate of drug-likeness (QED) is 0.837. The van der Waals surface area contributed by atoms with E-state index in [0.29, 0.717) is 12.3 Å². The van der Waals surface area contributed by atoms with Gasteiger partial charge in [0, 0.05) is 7.05 Å². The molecule has 0 aromatic carbocycles. The third-order valence-electron chi connectivity index (χ3n) is 3.99. The van der Waals surface area contributed by atoms with Crippen LogP contribution in [-0.2, 0) is 7.05 Å². The molecule has 0 saturated heterocycles. The van der Waals surface area contributed by atoms with Crippen LogP contribution in [0.4, 0.5) is 0 Å². The monoisotopic (exact) mass is 239 g/mol. The minimum absolute atomic E-state index is 0.0520. The van der Waals surface area contributed by atoms with E-state index >= 15 is 0 Å². The fourth-order valence-electron chi connectivity index (χ4n) is 2.74. The van der Waals surface area contributed by atoms with Gasteiger partial charge in [0.2, 0.25) is 0 Å². The highest BCUT2D eigenvalue weighted by Crippen LogP contribution is 2.34. The van der Waals surface area contributed by atoms with Gasteiger partial charge in [0.1, 0.15) is 5.82 Å². The van der Waals surface area contributed by atoms with E-state index in [0.717, 1.165) is 25.1 Å². The molecule has 0 amide bonds. The molecule has 1 saturated carbocycles. The Balaban J connectivity index is 2.35. The van der Waals surface area contributed by atoms with Crippen molar-refractivity contribution in [2.24, 2.45) is 13.0 Å². The van der Waals surface area contributed by atoms with E-state index in [4.69, 9.17) is 0 Å². The van der Waals surface area contributed by atoms with Gasteiger partial charge < -0.3 is 5.11 Å². The maximum atomic E-state index is 12.0. The van der Waals surface area contributed by atoms with Gasteiger partial charge in [-0.25, -0.2) is 9.48 Å². The summed E-state index contributed by atoms with van der Waals surface area (Å²) in [5.41, 5.74) is -0.0694. The number of aliphatic hydroxyl groups excluding tert-OH is 1. The summed E-state index contributed by atoms with van der Waals surface area (Å²) in [5, 5.41) is 14.1. The van der Waals surface area contributed by atoms with Crippen molar-refractivity contribution in [2.45, 2.75) is 51.7 Å². The number of hydrogen-bond acceptors (Lipinski definition) is 3. The third kappa shape index (κ3) is 2.16. The lowest BCUT2D eigenvalue weighted by molar-refractivity contribution is 0.0651. The molecule has 0 aliphatic heterocycles. The topological polar surface area (TPSA) is 60.0 Å². The molecule has 1 N–H and O–H groups in total. The Bertz CT molecular complexity index is 449. The molecule has 17 heavy (non-hydrogen) atoms. The Hall–Kier alpha value is -1.10. The lowest BCUT2D eigenvalue weighted by atomic mass is 9.81. The first kappa shape index (κ1) is 12.4. The summed E-state index contributed by atoms with van der Waals surface area (Å²) < 4.78 is 3.14. The molecular weight excluding hydrogens is 218 g/mol. The summed E-state index contributed by atoms with van der Waals surface area (Å²) in [6.45, 7) is 3.97. The molecule has 3 atom stereocenters. The molecule has 2 rings (SSSR count). The highest BCUT2D eigenvalue weighted by Gasteiger charge is 2.32. The second kappa shape index (κ2) is 4.64. The number of nitrogens with zero attached hydrogens (tertiary/aromatic N) is 3. The first-order valence-electron chi connectivity index (χ1n) is 6.34. The number of rotatable bonds is 2. The molecule has 1 heterocycles. The highest BCUT2D eigenvalue weighted by atomic mass is 16.3. The fraction of sp³-hybridized carbons (Fsp3) is 0.833. The lowest BCUT2D eigenvalue weighted by Crippen LogP contribution is -2.36. The zero-order valence-electron chi connectivity index (χ0n) is 10.8. The van der Waals surface area contributed by atoms with Crippen LogP contribution in [0.25, 0.3) is 0 Å². The minimum atomic E-state index is -0.294. The van der Waals surface area contributed by atoms with Gasteiger partial charge in [-0.3, -0.25) is 4.57 Å². The summed E-state index contributed by atoms with van der Waals surface area (Å²) in [6.07, 6.45) is 3.20. The van der Waals surface area contributed by atoms with E-state index in [1.54, 1.807) is 16.3 Å². The molecule has 0 radical (unpaired) electrons. The summed E-state index contributed by atoms with van der Waals surface area (Å²) in [6, 6.07) is 0.0520. The smallest absolute Gasteiger partial charge is 0.345 e. The van der Waals surface area contributed by atoms with Crippen LogP contribution in [0, 0.1) is 12.8 Å². The van der Waals surface area contributed by atoms with Crippen molar-refractivity contribution in [3.63, 3.8) is 0 Å². The molecule has 0 bridgehead atoms. The number of hydrogen-bond donors (Lipinski definition) is 1. The number of aryl methyl sites for hydroxylation is 1. The van der Waals surface area contributed by atoms with Crippen molar-refractivity contribution >= 4 is 0 Å². The molecule has 1 aliphatic rings. The van der Waals surface area contributed by atoms with Gasteiger partial charge in [-0.15, -0.1) is 0 Å². The zero-order chi connectivity index (χ0) is 12.6. The van der Waals surface area contributed by atoms with Gasteiger partial charge in [-0.2, -0.15) is 5.10 Å². The van der Waals surface area contributed by atoms with Crippen LogP contribution in [0.5, 0.6) is 0 Å². The van der Waals surface area contributed by atoms with Crippen LogP contribution in [0.2, 0.25) is 0 Å². The van der Waals surface area contributed by atoms with Crippen molar-refractivity contribution < 1.29 is 5.11 Å². The second-order valence-corrected chi connectivity index (χ2v) is 5.04. The third-order valence-corrected chi connectivity index (χ3v) is 3.99. The molecule has 1 aromatic heterocycles. The lowest BCUT2D eigenvalue weighted by Gasteiger charge is -2.33. The van der Waals surface area contributed by atoms with Crippen molar-refractivity contribution in [2.75, 3.05) is 0 Å². The highest BCUT2D eigenvalue weighted by molar-refractivity contribution is 4.89. The van der Waals surface area contributed by atoms with Crippen LogP contribution in [0.15, 0.2) is 4.79 Å². The molecule has 5 nitrogen and oxygen atoms in total. The van der Waals surface area contributed by atoms with Crippen molar-refractivity contribution in [3.8, 4) is 0 Å². The predicted molar refractivity (Wildman–Crippen MR) is 64.9 cm³/mol. The van der Waals surface area contributed by atoms with E-state index in [-0.39, 0.29) is 17.8 Å². The van der Waals surface area contributed by atoms with Crippen molar-refractivity contribution in [1.82, 2.24) is 14.3 Å². The van der Waals surface area contributed by atoms with E-state index in [1.807, 2.05) is 6.92 Å². The second-order valence-electron chi connectivity index (χ2n) is 5.04. The van der Waals surface area contributed by atoms with E-state index in [2.05, 4.69) is 12.0 Å². The van der Waals surface area contributed by atoms with Crippen LogP contribution in [-0.4, -0.2) is 25.6 Å². The van der Waals surface area contributed by atoms with E-state index < -0.39 is 0 Å². The molecule has 0 spiro atoms. The Morgan fingerprint density at radius 1 is 1.47 bits per heavy atom. The molecule has 5 heteroatoms. The minimum Gasteiger partial charge on any atom is -0.393 e. The van der Waals surface area contributed by atoms with Gasteiger partial charge in [0.25, 0.3) is 0 Å². The van der Waals surface area contributed by atoms with Gasteiger partial charge in [-0.05, 0) is 32.1 Å². The number of aromatic nitrogens is 3. The SMILES string of the molecule is CCC1CCC(O)CC1n1nc(C)n(C)c1=O. The molecule has 1 aliphatic carbocycles.